The Morgan fingerprint density at radius 3 is 2.57 bits per heavy atom. The lowest BCUT2D eigenvalue weighted by Crippen LogP contribution is -2.44. The number of nitrogens with zero attached hydrogens (tertiary/aromatic N) is 4. The van der Waals surface area contributed by atoms with Gasteiger partial charge >= 0.3 is 6.03 Å². The lowest BCUT2D eigenvalue weighted by molar-refractivity contribution is 0.0331. The zero-order valence-corrected chi connectivity index (χ0v) is 21.6. The van der Waals surface area contributed by atoms with Gasteiger partial charge in [-0.3, -0.25) is 14.4 Å². The van der Waals surface area contributed by atoms with Crippen LogP contribution in [0.25, 0.3) is 10.9 Å². The number of morpholine rings is 1. The van der Waals surface area contributed by atoms with Crippen LogP contribution >= 0.6 is 0 Å². The third kappa shape index (κ3) is 4.26. The molecule has 2 atom stereocenters. The van der Waals surface area contributed by atoms with Crippen LogP contribution in [0, 0.1) is 0 Å². The van der Waals surface area contributed by atoms with E-state index in [0.717, 1.165) is 57.0 Å². The largest absolute Gasteiger partial charge is 0.379 e. The van der Waals surface area contributed by atoms with E-state index in [0.29, 0.717) is 30.6 Å². The summed E-state index contributed by atoms with van der Waals surface area (Å²) in [4.78, 5) is 32.8. The average molecular weight is 482 g/mol. The number of carbonyl (C=O) groups is 2. The second-order valence-electron chi connectivity index (χ2n) is 10.2. The first-order valence-corrected chi connectivity index (χ1v) is 13.2. The Balaban J connectivity index is 1.72. The number of hydrogen-bond donors (Lipinski definition) is 1. The number of benzene rings is 1. The number of carbonyl (C=O) groups excluding carboxylic acids is 2. The number of hydrogen-bond acceptors (Lipinski definition) is 5. The van der Waals surface area contributed by atoms with E-state index in [1.165, 1.54) is 29.4 Å². The summed E-state index contributed by atoms with van der Waals surface area (Å²) in [5.74, 6) is 0.482. The van der Waals surface area contributed by atoms with Crippen molar-refractivity contribution in [2.75, 3.05) is 58.4 Å². The summed E-state index contributed by atoms with van der Waals surface area (Å²) >= 11 is 0. The van der Waals surface area contributed by atoms with E-state index >= 15 is 0 Å². The fourth-order valence-corrected chi connectivity index (χ4v) is 6.42. The molecule has 1 aromatic heterocycles. The van der Waals surface area contributed by atoms with E-state index in [4.69, 9.17) is 4.74 Å². The zero-order valence-electron chi connectivity index (χ0n) is 21.6. The summed E-state index contributed by atoms with van der Waals surface area (Å²) in [5, 5.41) is 1.19. The molecule has 2 fully saturated rings. The Bertz CT molecular complexity index is 1120. The molecule has 2 aromatic rings. The highest BCUT2D eigenvalue weighted by Gasteiger charge is 2.39. The number of amides is 2. The van der Waals surface area contributed by atoms with Crippen LogP contribution in [0.4, 0.5) is 4.79 Å². The summed E-state index contributed by atoms with van der Waals surface area (Å²) in [5.41, 5.74) is 8.51. The van der Waals surface area contributed by atoms with Crippen LogP contribution in [0.1, 0.15) is 66.7 Å². The molecule has 2 saturated heterocycles. The molecule has 0 bridgehead atoms. The minimum absolute atomic E-state index is 0.0275. The molecule has 3 aliphatic rings. The number of nitrogens with one attached hydrogen (secondary N) is 1. The average Bonchev–Trinajstić information content (AvgIpc) is 3.15. The van der Waals surface area contributed by atoms with Crippen LogP contribution < -0.4 is 5.43 Å². The molecular weight excluding hydrogens is 442 g/mol. The fourth-order valence-electron chi connectivity index (χ4n) is 6.42. The highest BCUT2D eigenvalue weighted by Crippen LogP contribution is 2.46. The van der Waals surface area contributed by atoms with Crippen molar-refractivity contribution >= 4 is 22.7 Å². The number of ether oxygens (including phenoxy) is 1. The molecule has 35 heavy (non-hydrogen) atoms. The van der Waals surface area contributed by atoms with E-state index in [1.807, 2.05) is 24.6 Å². The van der Waals surface area contributed by atoms with E-state index in [2.05, 4.69) is 28.3 Å². The molecule has 1 aromatic carbocycles. The first-order valence-electron chi connectivity index (χ1n) is 13.2. The van der Waals surface area contributed by atoms with Crippen LogP contribution in [-0.2, 0) is 17.7 Å². The summed E-state index contributed by atoms with van der Waals surface area (Å²) in [6.07, 6.45) is 3.29. The summed E-state index contributed by atoms with van der Waals surface area (Å²) in [6.45, 7) is 11.9. The molecule has 1 aliphatic carbocycles. The molecule has 0 radical (unpaired) electrons. The number of ketones is 1. The smallest absolute Gasteiger partial charge is 0.336 e. The summed E-state index contributed by atoms with van der Waals surface area (Å²) < 4.78 is 7.57. The summed E-state index contributed by atoms with van der Waals surface area (Å²) in [6, 6.07) is 4.49. The normalized spacial score (nSPS) is 22.7. The van der Waals surface area contributed by atoms with E-state index < -0.39 is 0 Å². The first-order chi connectivity index (χ1) is 16.9. The van der Waals surface area contributed by atoms with Gasteiger partial charge in [0.1, 0.15) is 0 Å². The number of aromatic nitrogens is 1. The van der Waals surface area contributed by atoms with Gasteiger partial charge in [-0.25, -0.2) is 10.2 Å². The maximum atomic E-state index is 13.3. The van der Waals surface area contributed by atoms with Crippen molar-refractivity contribution in [1.82, 2.24) is 19.4 Å². The summed E-state index contributed by atoms with van der Waals surface area (Å²) in [7, 11) is 2.24. The Labute approximate surface area is 208 Å². The highest BCUT2D eigenvalue weighted by atomic mass is 16.5. The third-order valence-corrected chi connectivity index (χ3v) is 8.34. The van der Waals surface area contributed by atoms with Crippen molar-refractivity contribution in [3.05, 3.63) is 34.5 Å². The SMILES string of the molecule is CCN(CC)C(=O)Nn1c(CN2CCOCC2)c2c3c(ccc(C(C)=O)c31)[C@H]1CCCN(C)[C@@H]1C2. The van der Waals surface area contributed by atoms with Crippen LogP contribution in [0.3, 0.4) is 0 Å². The first kappa shape index (κ1) is 24.3. The Kier molecular flexibility index (Phi) is 6.88. The molecule has 0 unspecified atom stereocenters. The number of rotatable bonds is 6. The number of fused-ring (bicyclic) bond motifs is 2. The van der Waals surface area contributed by atoms with Gasteiger partial charge in [-0.2, -0.15) is 0 Å². The molecular formula is C27H39N5O3. The van der Waals surface area contributed by atoms with Crippen molar-refractivity contribution < 1.29 is 14.3 Å². The minimum Gasteiger partial charge on any atom is -0.379 e. The van der Waals surface area contributed by atoms with Gasteiger partial charge in [-0.05, 0) is 70.8 Å². The molecule has 190 valence electrons. The van der Waals surface area contributed by atoms with Crippen LogP contribution in [-0.4, -0.2) is 90.2 Å². The van der Waals surface area contributed by atoms with Crippen LogP contribution in [0.15, 0.2) is 12.1 Å². The molecule has 8 nitrogen and oxygen atoms in total. The van der Waals surface area contributed by atoms with Crippen LogP contribution in [0.5, 0.6) is 0 Å². The van der Waals surface area contributed by atoms with Crippen molar-refractivity contribution in [2.45, 2.75) is 58.5 Å². The Morgan fingerprint density at radius 2 is 1.89 bits per heavy atom. The standard InChI is InChI=1S/C27H39N5O3/c1-5-31(6-2)27(34)28-32-24(17-30-12-14-35-15-13-30)22-16-23-20(8-7-11-29(23)4)21-10-9-19(18(3)33)26(32)25(21)22/h9-10,20,23H,5-8,11-17H2,1-4H3,(H,28,34)/t20-,23-/m1/s1. The number of Topliss-reactive ketones (excluding diaryl/α,β-unsaturated/α-hetero) is 1. The maximum Gasteiger partial charge on any atom is 0.336 e. The third-order valence-electron chi connectivity index (χ3n) is 8.34. The molecule has 5 rings (SSSR count). The quantitative estimate of drug-likeness (QED) is 0.641. The second-order valence-corrected chi connectivity index (χ2v) is 10.2. The van der Waals surface area contributed by atoms with Gasteiger partial charge < -0.3 is 14.5 Å². The van der Waals surface area contributed by atoms with Gasteiger partial charge in [0, 0.05) is 55.6 Å². The zero-order chi connectivity index (χ0) is 24.7. The minimum atomic E-state index is -0.129. The number of likely N-dealkylation sites (N-methyl/N-ethyl adjacent to an activating group) is 1. The number of urea groups is 1. The van der Waals surface area contributed by atoms with E-state index in [-0.39, 0.29) is 11.8 Å². The van der Waals surface area contributed by atoms with Crippen molar-refractivity contribution in [2.24, 2.45) is 0 Å². The van der Waals surface area contributed by atoms with Crippen molar-refractivity contribution in [3.8, 4) is 0 Å². The van der Waals surface area contributed by atoms with Gasteiger partial charge in [-0.15, -0.1) is 0 Å². The second kappa shape index (κ2) is 9.91. The van der Waals surface area contributed by atoms with Crippen molar-refractivity contribution in [1.29, 1.82) is 0 Å². The lowest BCUT2D eigenvalue weighted by Gasteiger charge is -2.42. The monoisotopic (exact) mass is 481 g/mol. The molecule has 8 heteroatoms. The molecule has 1 N–H and O–H groups in total. The van der Waals surface area contributed by atoms with Gasteiger partial charge in [-0.1, -0.05) is 6.07 Å². The maximum absolute atomic E-state index is 13.3. The van der Waals surface area contributed by atoms with Gasteiger partial charge in [0.25, 0.3) is 0 Å². The van der Waals surface area contributed by atoms with E-state index in [1.54, 1.807) is 11.8 Å². The molecule has 0 saturated carbocycles. The predicted molar refractivity (Wildman–Crippen MR) is 138 cm³/mol. The highest BCUT2D eigenvalue weighted by molar-refractivity contribution is 6.09. The Hall–Kier alpha value is -2.42. The molecule has 3 heterocycles. The lowest BCUT2D eigenvalue weighted by atomic mass is 9.74. The fraction of sp³-hybridized carbons (Fsp3) is 0.630. The Morgan fingerprint density at radius 1 is 1.14 bits per heavy atom. The number of likely N-dealkylation sites (tertiary alicyclic amines) is 1. The van der Waals surface area contributed by atoms with E-state index in [9.17, 15) is 9.59 Å². The number of piperidine rings is 1. The van der Waals surface area contributed by atoms with Gasteiger partial charge in [0.05, 0.1) is 24.4 Å². The van der Waals surface area contributed by atoms with Crippen LogP contribution in [0.2, 0.25) is 0 Å². The molecule has 0 spiro atoms. The molecule has 2 amide bonds. The van der Waals surface area contributed by atoms with Gasteiger partial charge in [0.15, 0.2) is 5.78 Å². The topological polar surface area (TPSA) is 70.0 Å². The molecule has 2 aliphatic heterocycles. The van der Waals surface area contributed by atoms with Gasteiger partial charge in [0.2, 0.25) is 0 Å². The predicted octanol–water partition coefficient (Wildman–Crippen LogP) is 3.42. The van der Waals surface area contributed by atoms with Crippen molar-refractivity contribution in [3.63, 3.8) is 0 Å².